The van der Waals surface area contributed by atoms with Crippen LogP contribution in [-0.4, -0.2) is 42.7 Å². The summed E-state index contributed by atoms with van der Waals surface area (Å²) in [5, 5.41) is 14.9. The minimum atomic E-state index is -4.40. The van der Waals surface area contributed by atoms with E-state index in [1.807, 2.05) is 12.1 Å². The zero-order valence-electron chi connectivity index (χ0n) is 22.6. The van der Waals surface area contributed by atoms with Crippen molar-refractivity contribution in [2.75, 3.05) is 0 Å². The Balaban J connectivity index is 1.33. The quantitative estimate of drug-likeness (QED) is 0.195. The molecular weight excluding hydrogens is 646 g/mol. The lowest BCUT2D eigenvalue weighted by atomic mass is 9.65. The number of hydrogen-bond acceptors (Lipinski definition) is 4. The number of carbonyl (C=O) groups is 2. The highest BCUT2D eigenvalue weighted by molar-refractivity contribution is 8.00. The molecule has 0 saturated heterocycles. The normalized spacial score (nSPS) is 31.5. The fourth-order valence-corrected chi connectivity index (χ4v) is 10.4. The van der Waals surface area contributed by atoms with Crippen molar-refractivity contribution >= 4 is 69.2 Å². The van der Waals surface area contributed by atoms with Gasteiger partial charge in [-0.15, -0.1) is 34.8 Å². The predicted molar refractivity (Wildman–Crippen MR) is 161 cm³/mol. The molecule has 0 heterocycles. The maximum absolute atomic E-state index is 14.1. The third-order valence-electron chi connectivity index (χ3n) is 8.80. The molecule has 0 aliphatic heterocycles. The van der Waals surface area contributed by atoms with E-state index >= 15 is 0 Å². The number of nitrogens with one attached hydrogen (secondary N) is 1. The van der Waals surface area contributed by atoms with E-state index < -0.39 is 43.5 Å². The smallest absolute Gasteiger partial charge is 0.446 e. The average molecular weight is 673 g/mol. The van der Waals surface area contributed by atoms with Crippen LogP contribution in [0, 0.1) is 5.92 Å². The van der Waals surface area contributed by atoms with Crippen molar-refractivity contribution in [2.45, 2.75) is 75.7 Å². The molecule has 0 radical (unpaired) electrons. The van der Waals surface area contributed by atoms with Crippen LogP contribution in [0.4, 0.5) is 13.2 Å². The highest BCUT2D eigenvalue weighted by atomic mass is 35.5. The third-order valence-corrected chi connectivity index (χ3v) is 10.8. The zero-order valence-corrected chi connectivity index (χ0v) is 25.7. The molecule has 7 rings (SSSR count). The van der Waals surface area contributed by atoms with Gasteiger partial charge in [-0.05, 0) is 78.9 Å². The van der Waals surface area contributed by atoms with Crippen molar-refractivity contribution in [3.8, 4) is 5.75 Å². The number of thioether (sulfide) groups is 1. The number of ether oxygens (including phenoxy) is 1. The van der Waals surface area contributed by atoms with Crippen LogP contribution in [-0.2, 0) is 11.4 Å². The van der Waals surface area contributed by atoms with Crippen LogP contribution in [0.5, 0.6) is 5.75 Å². The number of aliphatic carboxylic acids is 1. The van der Waals surface area contributed by atoms with Gasteiger partial charge in [0, 0.05) is 26.5 Å². The number of benzene rings is 3. The standard InChI is InChI=1S/C31H27Cl3F3NO4S/c32-27-11-20-12-28(33,14-27)16-29(34,15-27)17-30(20,26(40)41)38-25(39)23-10-7-19-3-1-2-4-22(19)24(23)42-13-18-5-8-21(9-6-18)43-31(35,36)37/h1-10,20H,11-17H2,(H,38,39)(H,40,41)/t20?,27-,28+,29?,30-/m0/s1. The number of alkyl halides is 6. The number of amides is 1. The summed E-state index contributed by atoms with van der Waals surface area (Å²) in [5.41, 5.74) is -5.39. The number of carboxylic acids is 1. The lowest BCUT2D eigenvalue weighted by Gasteiger charge is -2.51. The molecule has 4 fully saturated rings. The first-order valence-corrected chi connectivity index (χ1v) is 15.7. The number of fused-ring (bicyclic) bond motifs is 2. The number of rotatable bonds is 7. The first-order chi connectivity index (χ1) is 20.1. The van der Waals surface area contributed by atoms with Crippen LogP contribution in [0.2, 0.25) is 0 Å². The first kappa shape index (κ1) is 30.7. The molecule has 5 nitrogen and oxygen atoms in total. The molecule has 43 heavy (non-hydrogen) atoms. The van der Waals surface area contributed by atoms with Crippen molar-refractivity contribution in [3.05, 3.63) is 71.8 Å². The summed E-state index contributed by atoms with van der Waals surface area (Å²) >= 11 is 20.8. The number of halogens is 6. The second kappa shape index (κ2) is 10.6. The Bertz CT molecular complexity index is 1590. The molecule has 2 unspecified atom stereocenters. The van der Waals surface area contributed by atoms with Crippen molar-refractivity contribution in [2.24, 2.45) is 5.92 Å². The Kier molecular flexibility index (Phi) is 7.59. The average Bonchev–Trinajstić information content (AvgIpc) is 3.00. The lowest BCUT2D eigenvalue weighted by molar-refractivity contribution is -0.147. The molecule has 2 N–H and O–H groups in total. The summed E-state index contributed by atoms with van der Waals surface area (Å²) in [4.78, 5) is 24.7. The molecule has 3 aromatic rings. The fourth-order valence-electron chi connectivity index (χ4n) is 7.49. The van der Waals surface area contributed by atoms with Crippen LogP contribution in [0.1, 0.15) is 54.4 Å². The topological polar surface area (TPSA) is 75.6 Å². The van der Waals surface area contributed by atoms with Crippen LogP contribution in [0.3, 0.4) is 0 Å². The van der Waals surface area contributed by atoms with E-state index in [2.05, 4.69) is 5.32 Å². The van der Waals surface area contributed by atoms with E-state index in [1.165, 1.54) is 24.3 Å². The van der Waals surface area contributed by atoms with Gasteiger partial charge in [0.15, 0.2) is 0 Å². The largest absolute Gasteiger partial charge is 0.487 e. The van der Waals surface area contributed by atoms with Crippen molar-refractivity contribution in [1.29, 1.82) is 0 Å². The lowest BCUT2D eigenvalue weighted by Crippen LogP contribution is -2.61. The van der Waals surface area contributed by atoms with E-state index in [1.54, 1.807) is 24.3 Å². The van der Waals surface area contributed by atoms with Gasteiger partial charge in [0.1, 0.15) is 17.9 Å². The summed E-state index contributed by atoms with van der Waals surface area (Å²) in [6, 6.07) is 16.4. The summed E-state index contributed by atoms with van der Waals surface area (Å²) in [5.74, 6) is -2.15. The number of carboxylic acid groups (broad SMARTS) is 1. The van der Waals surface area contributed by atoms with Gasteiger partial charge in [0.2, 0.25) is 0 Å². The van der Waals surface area contributed by atoms with Crippen LogP contribution in [0.25, 0.3) is 10.8 Å². The van der Waals surface area contributed by atoms with E-state index in [-0.39, 0.29) is 41.0 Å². The minimum absolute atomic E-state index is 0.0255. The maximum atomic E-state index is 14.1. The Labute approximate surface area is 265 Å². The molecular formula is C31H27Cl3F3NO4S. The summed E-state index contributed by atoms with van der Waals surface area (Å²) in [7, 11) is 0. The molecule has 4 saturated carbocycles. The van der Waals surface area contributed by atoms with Gasteiger partial charge in [0.25, 0.3) is 5.91 Å². The van der Waals surface area contributed by atoms with Crippen molar-refractivity contribution in [1.82, 2.24) is 5.32 Å². The highest BCUT2D eigenvalue weighted by Gasteiger charge is 2.68. The van der Waals surface area contributed by atoms with Crippen molar-refractivity contribution < 1.29 is 32.6 Å². The van der Waals surface area contributed by atoms with Crippen molar-refractivity contribution in [3.63, 3.8) is 0 Å². The van der Waals surface area contributed by atoms with Crippen LogP contribution in [0.15, 0.2) is 65.6 Å². The van der Waals surface area contributed by atoms with Gasteiger partial charge < -0.3 is 15.2 Å². The molecule has 4 aliphatic rings. The Morgan fingerprint density at radius 2 is 1.53 bits per heavy atom. The van der Waals surface area contributed by atoms with Gasteiger partial charge >= 0.3 is 11.5 Å². The summed E-state index contributed by atoms with van der Waals surface area (Å²) in [6.45, 7) is -0.0354. The molecule has 0 aromatic heterocycles. The van der Waals surface area contributed by atoms with Gasteiger partial charge in [-0.25, -0.2) is 4.79 Å². The SMILES string of the molecule is O=C(N[C@@]1(C(=O)O)CC2(Cl)C[C@]3(Cl)CC1C[C@](Cl)(C2)C3)c1ccc2ccccc2c1OCc1ccc(SC(F)(F)F)cc1. The highest BCUT2D eigenvalue weighted by Crippen LogP contribution is 2.65. The maximum Gasteiger partial charge on any atom is 0.446 e. The molecule has 3 aromatic carbocycles. The van der Waals surface area contributed by atoms with E-state index in [0.717, 1.165) is 5.39 Å². The Morgan fingerprint density at radius 3 is 2.16 bits per heavy atom. The second-order valence-electron chi connectivity index (χ2n) is 12.1. The Morgan fingerprint density at radius 1 is 0.907 bits per heavy atom. The molecule has 4 bridgehead atoms. The molecule has 1 amide bonds. The van der Waals surface area contributed by atoms with Gasteiger partial charge in [0.05, 0.1) is 10.4 Å². The van der Waals surface area contributed by atoms with Gasteiger partial charge in [-0.3, -0.25) is 4.79 Å². The first-order valence-electron chi connectivity index (χ1n) is 13.7. The fraction of sp³-hybridized carbons (Fsp3) is 0.419. The zero-order chi connectivity index (χ0) is 30.8. The predicted octanol–water partition coefficient (Wildman–Crippen LogP) is 8.51. The van der Waals surface area contributed by atoms with Gasteiger partial charge in [-0.1, -0.05) is 42.5 Å². The molecule has 12 heteroatoms. The third kappa shape index (κ3) is 6.02. The van der Waals surface area contributed by atoms with E-state index in [9.17, 15) is 27.9 Å². The summed E-state index contributed by atoms with van der Waals surface area (Å²) in [6.07, 6.45) is 1.99. The Hall–Kier alpha value is -2.33. The molecule has 228 valence electrons. The molecule has 5 atom stereocenters. The number of hydrogen-bond donors (Lipinski definition) is 2. The van der Waals surface area contributed by atoms with E-state index in [4.69, 9.17) is 39.5 Å². The van der Waals surface area contributed by atoms with Crippen LogP contribution >= 0.6 is 46.6 Å². The monoisotopic (exact) mass is 671 g/mol. The number of carbonyl (C=O) groups excluding carboxylic acids is 1. The summed E-state index contributed by atoms with van der Waals surface area (Å²) < 4.78 is 44.4. The van der Waals surface area contributed by atoms with E-state index in [0.29, 0.717) is 43.1 Å². The minimum Gasteiger partial charge on any atom is -0.487 e. The second-order valence-corrected chi connectivity index (χ2v) is 15.7. The van der Waals surface area contributed by atoms with Crippen LogP contribution < -0.4 is 10.1 Å². The molecule has 4 aliphatic carbocycles. The molecule has 0 spiro atoms. The van der Waals surface area contributed by atoms with Gasteiger partial charge in [-0.2, -0.15) is 13.2 Å².